The summed E-state index contributed by atoms with van der Waals surface area (Å²) in [5.74, 6) is -3.47. The Morgan fingerprint density at radius 1 is 1.02 bits per heavy atom. The average molecular weight is 700 g/mol. The maximum absolute atomic E-state index is 15.7. The fraction of sp³-hybridized carbons (Fsp3) is 0.676. The third-order valence-corrected chi connectivity index (χ3v) is 17.3. The summed E-state index contributed by atoms with van der Waals surface area (Å²) in [6.45, 7) is 15.6. The molecule has 11 nitrogen and oxygen atoms in total. The average Bonchev–Trinajstić information content (AvgIpc) is 3.04. The van der Waals surface area contributed by atoms with E-state index in [2.05, 4.69) is 26.1 Å². The zero-order chi connectivity index (χ0) is 36.3. The van der Waals surface area contributed by atoms with Gasteiger partial charge in [0.2, 0.25) is 0 Å². The van der Waals surface area contributed by atoms with E-state index in [-0.39, 0.29) is 25.0 Å². The quantitative estimate of drug-likeness (QED) is 0.193. The molecule has 2 saturated carbocycles. The standard InChI is InChI=1S/C37H53NO10Si/c1-10-49(11-2,12-3)48-26-18-27-36(20-45-27,47-23(6)40)30-31(38-33(43)24-16-14-13-15-17-24)37(44)19-25(41)21(4)28(34(37,7)8)29(46-22(5)39)32(42)35(26,30)9/h13-17,25-27,29-31,41,44H,10-12,18-20H2,1-9H3,(H,38,43)/t25-,26-,27+,29+,30-,31-,35+,36-,37+/m0/s1. The van der Waals surface area contributed by atoms with Crippen LogP contribution in [-0.4, -0.2) is 90.4 Å². The SMILES string of the molecule is CC[Si](CC)(CC)O[C@H]1C[C@H]2OC[C@@]2(OC(C)=O)[C@H]2[C@H](NC(=O)c3ccccc3)[C@]3(O)C[C@H](O)C(C)=C([C@@H](OC(C)=O)C(=O)[C@]12C)C3(C)C. The van der Waals surface area contributed by atoms with Crippen molar-refractivity contribution in [2.45, 2.75) is 135 Å². The van der Waals surface area contributed by atoms with Crippen LogP contribution in [0.4, 0.5) is 0 Å². The van der Waals surface area contributed by atoms with E-state index in [4.69, 9.17) is 18.6 Å². The highest BCUT2D eigenvalue weighted by molar-refractivity contribution is 6.73. The summed E-state index contributed by atoms with van der Waals surface area (Å²) < 4.78 is 25.5. The molecule has 1 saturated heterocycles. The molecule has 0 radical (unpaired) electrons. The maximum atomic E-state index is 15.7. The number of amides is 1. The molecule has 2 bridgehead atoms. The molecule has 3 fully saturated rings. The molecule has 9 atom stereocenters. The van der Waals surface area contributed by atoms with Crippen LogP contribution in [0.25, 0.3) is 0 Å². The normalized spacial score (nSPS) is 36.7. The van der Waals surface area contributed by atoms with Crippen molar-refractivity contribution >= 4 is 31.9 Å². The molecule has 1 aliphatic heterocycles. The lowest BCUT2D eigenvalue weighted by Gasteiger charge is -2.69. The number of benzene rings is 1. The maximum Gasteiger partial charge on any atom is 0.303 e. The summed E-state index contributed by atoms with van der Waals surface area (Å²) in [4.78, 5) is 55.7. The van der Waals surface area contributed by atoms with Crippen LogP contribution in [0, 0.1) is 16.7 Å². The number of ether oxygens (including phenoxy) is 3. The van der Waals surface area contributed by atoms with Crippen molar-refractivity contribution in [2.75, 3.05) is 6.61 Å². The van der Waals surface area contributed by atoms with Crippen LogP contribution in [0.15, 0.2) is 41.5 Å². The number of carbonyl (C=O) groups is 4. The Hall–Kier alpha value is -2.90. The van der Waals surface area contributed by atoms with E-state index >= 15 is 4.79 Å². The lowest BCUT2D eigenvalue weighted by Crippen LogP contribution is -2.83. The van der Waals surface area contributed by atoms with Gasteiger partial charge in [-0.2, -0.15) is 0 Å². The van der Waals surface area contributed by atoms with Gasteiger partial charge in [-0.1, -0.05) is 52.8 Å². The van der Waals surface area contributed by atoms with Crippen LogP contribution in [0.5, 0.6) is 0 Å². The van der Waals surface area contributed by atoms with E-state index < -0.39 is 90.4 Å². The number of Topliss-reactive ketones (excluding diaryl/α,β-unsaturated/α-hetero) is 1. The number of rotatable bonds is 9. The molecule has 0 aromatic heterocycles. The monoisotopic (exact) mass is 699 g/mol. The Kier molecular flexibility index (Phi) is 9.92. The smallest absolute Gasteiger partial charge is 0.303 e. The summed E-state index contributed by atoms with van der Waals surface area (Å²) in [7, 11) is -2.46. The van der Waals surface area contributed by atoms with Gasteiger partial charge in [0.15, 0.2) is 25.8 Å². The summed E-state index contributed by atoms with van der Waals surface area (Å²) in [6, 6.07) is 9.58. The van der Waals surface area contributed by atoms with Crippen LogP contribution in [0.2, 0.25) is 18.1 Å². The number of hydrogen-bond donors (Lipinski definition) is 3. The summed E-state index contributed by atoms with van der Waals surface area (Å²) >= 11 is 0. The van der Waals surface area contributed by atoms with Crippen molar-refractivity contribution in [3.63, 3.8) is 0 Å². The van der Waals surface area contributed by atoms with Gasteiger partial charge < -0.3 is 34.2 Å². The first kappa shape index (κ1) is 37.4. The highest BCUT2D eigenvalue weighted by atomic mass is 28.4. The molecule has 270 valence electrons. The van der Waals surface area contributed by atoms with Crippen molar-refractivity contribution in [1.29, 1.82) is 0 Å². The van der Waals surface area contributed by atoms with E-state index in [9.17, 15) is 24.6 Å². The van der Waals surface area contributed by atoms with Gasteiger partial charge >= 0.3 is 11.9 Å². The van der Waals surface area contributed by atoms with Gasteiger partial charge in [0, 0.05) is 43.6 Å². The molecule has 5 rings (SSSR count). The number of ketones is 1. The number of hydrogen-bond acceptors (Lipinski definition) is 10. The predicted octanol–water partition coefficient (Wildman–Crippen LogP) is 4.26. The van der Waals surface area contributed by atoms with Crippen molar-refractivity contribution in [3.05, 3.63) is 47.0 Å². The number of carbonyl (C=O) groups excluding carboxylic acids is 4. The molecule has 49 heavy (non-hydrogen) atoms. The van der Waals surface area contributed by atoms with Gasteiger partial charge in [0.1, 0.15) is 6.10 Å². The molecule has 12 heteroatoms. The van der Waals surface area contributed by atoms with Crippen molar-refractivity contribution in [3.8, 4) is 0 Å². The van der Waals surface area contributed by atoms with Gasteiger partial charge in [-0.25, -0.2) is 0 Å². The number of fused-ring (bicyclic) bond motifs is 5. The molecular formula is C37H53NO10Si. The first-order valence-corrected chi connectivity index (χ1v) is 20.1. The van der Waals surface area contributed by atoms with Crippen LogP contribution >= 0.6 is 0 Å². The zero-order valence-electron chi connectivity index (χ0n) is 30.3. The van der Waals surface area contributed by atoms with Crippen molar-refractivity contribution in [2.24, 2.45) is 16.7 Å². The van der Waals surface area contributed by atoms with Crippen LogP contribution in [-0.2, 0) is 33.0 Å². The summed E-state index contributed by atoms with van der Waals surface area (Å²) in [5.41, 5.74) is -5.35. The molecule has 1 aromatic rings. The lowest BCUT2D eigenvalue weighted by molar-refractivity contribution is -0.331. The van der Waals surface area contributed by atoms with E-state index in [1.165, 1.54) is 13.8 Å². The largest absolute Gasteiger partial charge is 0.454 e. The molecule has 0 unspecified atom stereocenters. The van der Waals surface area contributed by atoms with E-state index in [0.717, 1.165) is 18.1 Å². The number of nitrogens with one attached hydrogen (secondary N) is 1. The fourth-order valence-corrected chi connectivity index (χ4v) is 12.5. The number of aliphatic hydroxyl groups excluding tert-OH is 1. The summed E-state index contributed by atoms with van der Waals surface area (Å²) in [6.07, 6.45) is -4.28. The summed E-state index contributed by atoms with van der Waals surface area (Å²) in [5, 5.41) is 28.1. The topological polar surface area (TPSA) is 158 Å². The number of aliphatic hydroxyl groups is 2. The first-order valence-electron chi connectivity index (χ1n) is 17.6. The third kappa shape index (κ3) is 5.62. The molecule has 0 spiro atoms. The van der Waals surface area contributed by atoms with Crippen LogP contribution in [0.3, 0.4) is 0 Å². The molecule has 1 aromatic carbocycles. The first-order chi connectivity index (χ1) is 22.9. The highest BCUT2D eigenvalue weighted by Crippen LogP contribution is 2.64. The highest BCUT2D eigenvalue weighted by Gasteiger charge is 2.78. The molecule has 3 N–H and O–H groups in total. The predicted molar refractivity (Wildman–Crippen MR) is 183 cm³/mol. The van der Waals surface area contributed by atoms with Crippen molar-refractivity contribution < 1.29 is 48.0 Å². The van der Waals surface area contributed by atoms with Gasteiger partial charge in [-0.3, -0.25) is 19.2 Å². The zero-order valence-corrected chi connectivity index (χ0v) is 31.3. The Labute approximate surface area is 290 Å². The molecule has 3 aliphatic carbocycles. The minimum absolute atomic E-state index is 0.0911. The molecular weight excluding hydrogens is 646 g/mol. The third-order valence-electron chi connectivity index (χ3n) is 12.7. The van der Waals surface area contributed by atoms with Gasteiger partial charge in [-0.05, 0) is 55.3 Å². The van der Waals surface area contributed by atoms with E-state index in [0.29, 0.717) is 11.1 Å². The van der Waals surface area contributed by atoms with Crippen molar-refractivity contribution in [1.82, 2.24) is 5.32 Å². The second kappa shape index (κ2) is 13.0. The van der Waals surface area contributed by atoms with Gasteiger partial charge in [0.25, 0.3) is 5.91 Å². The minimum atomic E-state index is -2.46. The second-order valence-electron chi connectivity index (χ2n) is 15.2. The molecule has 1 amide bonds. The Balaban J connectivity index is 1.88. The van der Waals surface area contributed by atoms with Crippen LogP contribution < -0.4 is 5.32 Å². The fourth-order valence-electron chi connectivity index (χ4n) is 9.55. The molecule has 1 heterocycles. The van der Waals surface area contributed by atoms with E-state index in [1.807, 2.05) is 0 Å². The van der Waals surface area contributed by atoms with Gasteiger partial charge in [-0.15, -0.1) is 0 Å². The number of esters is 2. The Morgan fingerprint density at radius 3 is 2.14 bits per heavy atom. The second-order valence-corrected chi connectivity index (χ2v) is 20.0. The Bertz CT molecular complexity index is 1520. The lowest BCUT2D eigenvalue weighted by atomic mass is 9.44. The minimum Gasteiger partial charge on any atom is -0.454 e. The van der Waals surface area contributed by atoms with Crippen LogP contribution in [0.1, 0.15) is 85.5 Å². The molecule has 4 aliphatic rings. The van der Waals surface area contributed by atoms with E-state index in [1.54, 1.807) is 58.0 Å². The Morgan fingerprint density at radius 2 is 1.63 bits per heavy atom. The van der Waals surface area contributed by atoms with Gasteiger partial charge in [0.05, 0.1) is 35.9 Å².